The van der Waals surface area contributed by atoms with Crippen LogP contribution in [-0.2, 0) is 0 Å². The lowest BCUT2D eigenvalue weighted by Gasteiger charge is -2.28. The molecule has 0 bridgehead atoms. The largest absolute Gasteiger partial charge is 0.388 e. The van der Waals surface area contributed by atoms with Gasteiger partial charge in [0.05, 0.1) is 5.60 Å². The molecule has 0 aliphatic rings. The summed E-state index contributed by atoms with van der Waals surface area (Å²) >= 11 is 3.00. The molecule has 5 heteroatoms. The van der Waals surface area contributed by atoms with Crippen molar-refractivity contribution in [3.63, 3.8) is 0 Å². The van der Waals surface area contributed by atoms with Gasteiger partial charge in [-0.2, -0.15) is 0 Å². The lowest BCUT2D eigenvalue weighted by Crippen LogP contribution is -2.39. The van der Waals surface area contributed by atoms with Crippen LogP contribution in [0.1, 0.15) is 20.8 Å². The lowest BCUT2D eigenvalue weighted by molar-refractivity contribution is 0.0265. The molecule has 0 heterocycles. The first-order valence-corrected chi connectivity index (χ1v) is 6.14. The number of hydrogen-bond donors (Lipinski definition) is 2. The van der Waals surface area contributed by atoms with Crippen molar-refractivity contribution in [3.8, 4) is 0 Å². The molecule has 1 atom stereocenters. The van der Waals surface area contributed by atoms with E-state index in [2.05, 4.69) is 21.2 Å². The zero-order chi connectivity index (χ0) is 13.2. The molecule has 0 radical (unpaired) electrons. The van der Waals surface area contributed by atoms with E-state index in [4.69, 9.17) is 0 Å². The molecule has 1 unspecified atom stereocenters. The van der Waals surface area contributed by atoms with Gasteiger partial charge in [-0.05, 0) is 25.0 Å². The maximum absolute atomic E-state index is 13.5. The fraction of sp³-hybridized carbons (Fsp3) is 0.500. The number of aliphatic hydroxyl groups is 1. The van der Waals surface area contributed by atoms with Gasteiger partial charge in [-0.1, -0.05) is 29.8 Å². The van der Waals surface area contributed by atoms with Crippen molar-refractivity contribution < 1.29 is 13.9 Å². The van der Waals surface area contributed by atoms with Gasteiger partial charge in [0.2, 0.25) is 0 Å². The van der Waals surface area contributed by atoms with Gasteiger partial charge in [0.1, 0.15) is 17.3 Å². The standard InChI is InChI=1S/C12H16BrF2NO/c1-7(2)12(3,17)6-16-11-9(14)4-8(13)5-10(11)15/h4-5,7,16-17H,6H2,1-3H3. The summed E-state index contributed by atoms with van der Waals surface area (Å²) in [6.45, 7) is 5.39. The van der Waals surface area contributed by atoms with E-state index in [0.717, 1.165) is 0 Å². The predicted octanol–water partition coefficient (Wildman–Crippen LogP) is 3.55. The average molecular weight is 308 g/mol. The summed E-state index contributed by atoms with van der Waals surface area (Å²) in [5.41, 5.74) is -1.24. The van der Waals surface area contributed by atoms with Gasteiger partial charge in [0.25, 0.3) is 0 Å². The van der Waals surface area contributed by atoms with Gasteiger partial charge in [0, 0.05) is 11.0 Å². The third kappa shape index (κ3) is 3.64. The molecule has 2 nitrogen and oxygen atoms in total. The van der Waals surface area contributed by atoms with Crippen molar-refractivity contribution >= 4 is 21.6 Å². The zero-order valence-corrected chi connectivity index (χ0v) is 11.6. The van der Waals surface area contributed by atoms with Crippen LogP contribution in [0.4, 0.5) is 14.5 Å². The summed E-state index contributed by atoms with van der Waals surface area (Å²) in [6, 6.07) is 2.35. The highest BCUT2D eigenvalue weighted by Crippen LogP contribution is 2.25. The van der Waals surface area contributed by atoms with E-state index in [1.54, 1.807) is 6.92 Å². The molecule has 1 rings (SSSR count). The first-order valence-electron chi connectivity index (χ1n) is 5.35. The molecule has 0 aliphatic heterocycles. The predicted molar refractivity (Wildman–Crippen MR) is 68.0 cm³/mol. The minimum absolute atomic E-state index is 0.0171. The quantitative estimate of drug-likeness (QED) is 0.891. The topological polar surface area (TPSA) is 32.3 Å². The van der Waals surface area contributed by atoms with Crippen molar-refractivity contribution in [2.24, 2.45) is 5.92 Å². The lowest BCUT2D eigenvalue weighted by atomic mass is 9.92. The number of hydrogen-bond acceptors (Lipinski definition) is 2. The summed E-state index contributed by atoms with van der Waals surface area (Å²) in [5, 5.41) is 12.6. The third-order valence-corrected chi connectivity index (χ3v) is 3.33. The van der Waals surface area contributed by atoms with E-state index in [1.165, 1.54) is 12.1 Å². The molecule has 0 fully saturated rings. The van der Waals surface area contributed by atoms with Crippen LogP contribution >= 0.6 is 15.9 Å². The molecule has 2 N–H and O–H groups in total. The molecule has 0 spiro atoms. The van der Waals surface area contributed by atoms with Crippen LogP contribution in [0.3, 0.4) is 0 Å². The Labute approximate surface area is 108 Å². The van der Waals surface area contributed by atoms with E-state index < -0.39 is 17.2 Å². The highest BCUT2D eigenvalue weighted by atomic mass is 79.9. The Hall–Kier alpha value is -0.680. The Morgan fingerprint density at radius 3 is 2.24 bits per heavy atom. The van der Waals surface area contributed by atoms with E-state index in [1.807, 2.05) is 13.8 Å². The van der Waals surface area contributed by atoms with E-state index in [0.29, 0.717) is 4.47 Å². The second-order valence-electron chi connectivity index (χ2n) is 4.61. The van der Waals surface area contributed by atoms with Gasteiger partial charge in [-0.15, -0.1) is 0 Å². The van der Waals surface area contributed by atoms with Crippen LogP contribution < -0.4 is 5.32 Å². The zero-order valence-electron chi connectivity index (χ0n) is 10.0. The molecule has 0 aliphatic carbocycles. The number of rotatable bonds is 4. The molecular weight excluding hydrogens is 292 g/mol. The maximum atomic E-state index is 13.5. The van der Waals surface area contributed by atoms with Crippen LogP contribution in [0.5, 0.6) is 0 Å². The molecule has 0 aromatic heterocycles. The molecule has 0 amide bonds. The summed E-state index contributed by atoms with van der Waals surface area (Å²) in [4.78, 5) is 0. The molecule has 96 valence electrons. The van der Waals surface area contributed by atoms with Crippen LogP contribution in [-0.4, -0.2) is 17.3 Å². The number of anilines is 1. The highest BCUT2D eigenvalue weighted by molar-refractivity contribution is 9.10. The minimum atomic E-state index is -1.02. The number of nitrogens with one attached hydrogen (secondary N) is 1. The van der Waals surface area contributed by atoms with Crippen LogP contribution in [0.25, 0.3) is 0 Å². The van der Waals surface area contributed by atoms with E-state index in [9.17, 15) is 13.9 Å². The molecule has 17 heavy (non-hydrogen) atoms. The number of halogens is 3. The summed E-state index contributed by atoms with van der Waals surface area (Å²) in [7, 11) is 0. The fourth-order valence-electron chi connectivity index (χ4n) is 1.18. The highest BCUT2D eigenvalue weighted by Gasteiger charge is 2.25. The van der Waals surface area contributed by atoms with Gasteiger partial charge in [0.15, 0.2) is 0 Å². The van der Waals surface area contributed by atoms with Crippen LogP contribution in [0.2, 0.25) is 0 Å². The van der Waals surface area contributed by atoms with Gasteiger partial charge < -0.3 is 10.4 Å². The van der Waals surface area contributed by atoms with Crippen molar-refractivity contribution in [3.05, 3.63) is 28.2 Å². The van der Waals surface area contributed by atoms with Crippen LogP contribution in [0, 0.1) is 17.6 Å². The van der Waals surface area contributed by atoms with Crippen molar-refractivity contribution in [2.45, 2.75) is 26.4 Å². The molecule has 1 aromatic rings. The van der Waals surface area contributed by atoms with Gasteiger partial charge >= 0.3 is 0 Å². The molecule has 1 aromatic carbocycles. The average Bonchev–Trinajstić information content (AvgIpc) is 2.15. The fourth-order valence-corrected chi connectivity index (χ4v) is 1.58. The third-order valence-electron chi connectivity index (χ3n) is 2.87. The van der Waals surface area contributed by atoms with E-state index in [-0.39, 0.29) is 18.2 Å². The summed E-state index contributed by atoms with van der Waals surface area (Å²) < 4.78 is 27.3. The Kier molecular flexibility index (Phi) is 4.49. The maximum Gasteiger partial charge on any atom is 0.150 e. The second-order valence-corrected chi connectivity index (χ2v) is 5.53. The Balaban J connectivity index is 2.83. The molecule has 0 saturated heterocycles. The Morgan fingerprint density at radius 2 is 1.82 bits per heavy atom. The molecule has 0 saturated carbocycles. The molecular formula is C12H16BrF2NO. The van der Waals surface area contributed by atoms with Gasteiger partial charge in [-0.3, -0.25) is 0 Å². The van der Waals surface area contributed by atoms with Crippen molar-refractivity contribution in [1.29, 1.82) is 0 Å². The smallest absolute Gasteiger partial charge is 0.150 e. The monoisotopic (exact) mass is 307 g/mol. The minimum Gasteiger partial charge on any atom is -0.388 e. The van der Waals surface area contributed by atoms with Gasteiger partial charge in [-0.25, -0.2) is 8.78 Å². The number of benzene rings is 1. The Bertz CT molecular complexity index is 384. The first kappa shape index (κ1) is 14.4. The van der Waals surface area contributed by atoms with Crippen LogP contribution in [0.15, 0.2) is 16.6 Å². The SMILES string of the molecule is CC(C)C(C)(O)CNc1c(F)cc(Br)cc1F. The summed E-state index contributed by atoms with van der Waals surface area (Å²) in [5.74, 6) is -1.38. The van der Waals surface area contributed by atoms with Crippen molar-refractivity contribution in [2.75, 3.05) is 11.9 Å². The van der Waals surface area contributed by atoms with E-state index >= 15 is 0 Å². The normalized spacial score (nSPS) is 14.8. The Morgan fingerprint density at radius 1 is 1.35 bits per heavy atom. The van der Waals surface area contributed by atoms with Crippen molar-refractivity contribution in [1.82, 2.24) is 0 Å². The second kappa shape index (κ2) is 5.31. The first-order chi connectivity index (χ1) is 7.74. The summed E-state index contributed by atoms with van der Waals surface area (Å²) in [6.07, 6.45) is 0.